The average molecular weight is 351 g/mol. The third-order valence-corrected chi connectivity index (χ3v) is 3.61. The third-order valence-electron chi connectivity index (χ3n) is 3.25. The number of halogens is 2. The van der Waals surface area contributed by atoms with Crippen LogP contribution in [0.25, 0.3) is 6.08 Å². The highest BCUT2D eigenvalue weighted by molar-refractivity contribution is 6.31. The fourth-order valence-electron chi connectivity index (χ4n) is 2.06. The number of esters is 1. The summed E-state index contributed by atoms with van der Waals surface area (Å²) in [7, 11) is 3.03. The number of carbonyl (C=O) groups excluding carboxylic acids is 1. The van der Waals surface area contributed by atoms with Crippen LogP contribution < -0.4 is 9.47 Å². The van der Waals surface area contributed by atoms with Gasteiger partial charge in [-0.15, -0.1) is 0 Å². The number of benzene rings is 2. The Morgan fingerprint density at radius 1 is 1.17 bits per heavy atom. The predicted octanol–water partition coefficient (Wildman–Crippen LogP) is 4.25. The van der Waals surface area contributed by atoms with Crippen molar-refractivity contribution in [1.82, 2.24) is 0 Å². The van der Waals surface area contributed by atoms with Crippen molar-refractivity contribution in [3.63, 3.8) is 0 Å². The zero-order valence-electron chi connectivity index (χ0n) is 13.2. The van der Waals surface area contributed by atoms with Gasteiger partial charge in [0.05, 0.1) is 19.2 Å². The molecule has 0 saturated heterocycles. The molecule has 0 bridgehead atoms. The largest absolute Gasteiger partial charge is 0.493 e. The van der Waals surface area contributed by atoms with Gasteiger partial charge in [-0.1, -0.05) is 29.8 Å². The van der Waals surface area contributed by atoms with E-state index in [1.54, 1.807) is 18.2 Å². The Kier molecular flexibility index (Phi) is 6.21. The number of methoxy groups -OCH3 is 2. The molecule has 126 valence electrons. The maximum Gasteiger partial charge on any atom is 0.331 e. The van der Waals surface area contributed by atoms with Crippen LogP contribution >= 0.6 is 11.6 Å². The van der Waals surface area contributed by atoms with E-state index in [1.807, 2.05) is 0 Å². The van der Waals surface area contributed by atoms with Crippen molar-refractivity contribution in [2.45, 2.75) is 6.61 Å². The highest BCUT2D eigenvalue weighted by Gasteiger charge is 2.10. The molecular weight excluding hydrogens is 335 g/mol. The molecule has 0 heterocycles. The van der Waals surface area contributed by atoms with Gasteiger partial charge in [0.2, 0.25) is 0 Å². The summed E-state index contributed by atoms with van der Waals surface area (Å²) in [5.41, 5.74) is 0.789. The summed E-state index contributed by atoms with van der Waals surface area (Å²) >= 11 is 5.88. The van der Waals surface area contributed by atoms with E-state index in [0.717, 1.165) is 0 Å². The molecule has 2 aromatic rings. The molecule has 0 aromatic heterocycles. The SMILES string of the molecule is COc1cccc(/C=C/C(=O)OCc2c(F)cccc2Cl)c1OC. The second-order valence-corrected chi connectivity index (χ2v) is 5.13. The minimum atomic E-state index is -0.626. The van der Waals surface area contributed by atoms with Gasteiger partial charge in [0.1, 0.15) is 12.4 Å². The van der Waals surface area contributed by atoms with Crippen molar-refractivity contribution in [2.24, 2.45) is 0 Å². The predicted molar refractivity (Wildman–Crippen MR) is 89.8 cm³/mol. The van der Waals surface area contributed by atoms with Gasteiger partial charge in [-0.2, -0.15) is 0 Å². The summed E-state index contributed by atoms with van der Waals surface area (Å²) in [6, 6.07) is 9.55. The summed E-state index contributed by atoms with van der Waals surface area (Å²) in [6.45, 7) is -0.246. The zero-order valence-corrected chi connectivity index (χ0v) is 14.0. The van der Waals surface area contributed by atoms with E-state index in [-0.39, 0.29) is 17.2 Å². The lowest BCUT2D eigenvalue weighted by Gasteiger charge is -2.09. The summed E-state index contributed by atoms with van der Waals surface area (Å²) in [5, 5.41) is 0.209. The molecule has 4 nitrogen and oxygen atoms in total. The Morgan fingerprint density at radius 2 is 1.92 bits per heavy atom. The van der Waals surface area contributed by atoms with Gasteiger partial charge in [0.25, 0.3) is 0 Å². The summed E-state index contributed by atoms with van der Waals surface area (Å²) in [5.74, 6) is -0.0970. The molecule has 0 saturated carbocycles. The van der Waals surface area contributed by atoms with E-state index in [0.29, 0.717) is 17.1 Å². The quantitative estimate of drug-likeness (QED) is 0.577. The van der Waals surface area contributed by atoms with Crippen LogP contribution in [0.4, 0.5) is 4.39 Å². The van der Waals surface area contributed by atoms with Gasteiger partial charge in [-0.05, 0) is 24.3 Å². The Balaban J connectivity index is 2.06. The smallest absolute Gasteiger partial charge is 0.331 e. The maximum atomic E-state index is 13.6. The Morgan fingerprint density at radius 3 is 2.58 bits per heavy atom. The second kappa shape index (κ2) is 8.36. The molecular formula is C18H16ClFO4. The van der Waals surface area contributed by atoms with Crippen LogP contribution in [0.5, 0.6) is 11.5 Å². The first-order chi connectivity index (χ1) is 11.6. The standard InChI is InChI=1S/C18H16ClFO4/c1-22-16-8-3-5-12(18(16)23-2)9-10-17(21)24-11-13-14(19)6-4-7-15(13)20/h3-10H,11H2,1-2H3/b10-9+. The molecule has 0 unspecified atom stereocenters. The Hall–Kier alpha value is -2.53. The minimum absolute atomic E-state index is 0.139. The summed E-state index contributed by atoms with van der Waals surface area (Å²) in [6.07, 6.45) is 2.76. The van der Waals surface area contributed by atoms with Crippen molar-refractivity contribution in [3.8, 4) is 11.5 Å². The lowest BCUT2D eigenvalue weighted by molar-refractivity contribution is -0.138. The Labute approximate surface area is 144 Å². The minimum Gasteiger partial charge on any atom is -0.493 e. The van der Waals surface area contributed by atoms with Gasteiger partial charge in [-0.3, -0.25) is 0 Å². The van der Waals surface area contributed by atoms with Crippen LogP contribution in [0.3, 0.4) is 0 Å². The molecule has 2 aromatic carbocycles. The number of carbonyl (C=O) groups is 1. The molecule has 24 heavy (non-hydrogen) atoms. The average Bonchev–Trinajstić information content (AvgIpc) is 2.58. The van der Waals surface area contributed by atoms with Crippen molar-refractivity contribution in [2.75, 3.05) is 14.2 Å². The molecule has 0 aliphatic rings. The lowest BCUT2D eigenvalue weighted by Crippen LogP contribution is -2.03. The van der Waals surface area contributed by atoms with Gasteiger partial charge < -0.3 is 14.2 Å². The van der Waals surface area contributed by atoms with Crippen LogP contribution in [-0.2, 0) is 16.1 Å². The van der Waals surface area contributed by atoms with Crippen molar-refractivity contribution in [1.29, 1.82) is 0 Å². The van der Waals surface area contributed by atoms with Crippen LogP contribution in [0.1, 0.15) is 11.1 Å². The fourth-order valence-corrected chi connectivity index (χ4v) is 2.28. The molecule has 0 spiro atoms. The number of para-hydroxylation sites is 1. The van der Waals surface area contributed by atoms with E-state index in [9.17, 15) is 9.18 Å². The van der Waals surface area contributed by atoms with Gasteiger partial charge in [0.15, 0.2) is 11.5 Å². The first-order valence-corrected chi connectivity index (χ1v) is 7.43. The van der Waals surface area contributed by atoms with E-state index < -0.39 is 11.8 Å². The molecule has 0 aliphatic carbocycles. The van der Waals surface area contributed by atoms with Crippen molar-refractivity contribution < 1.29 is 23.4 Å². The van der Waals surface area contributed by atoms with E-state index in [1.165, 1.54) is 44.6 Å². The highest BCUT2D eigenvalue weighted by Crippen LogP contribution is 2.31. The van der Waals surface area contributed by atoms with Crippen molar-refractivity contribution >= 4 is 23.6 Å². The molecule has 0 radical (unpaired) electrons. The van der Waals surface area contributed by atoms with Crippen LogP contribution in [0.15, 0.2) is 42.5 Å². The lowest BCUT2D eigenvalue weighted by atomic mass is 10.1. The summed E-state index contributed by atoms with van der Waals surface area (Å²) < 4.78 is 29.1. The molecule has 0 atom stereocenters. The van der Waals surface area contributed by atoms with Crippen LogP contribution in [0, 0.1) is 5.82 Å². The fraction of sp³-hybridized carbons (Fsp3) is 0.167. The first kappa shape index (κ1) is 17.8. The van der Waals surface area contributed by atoms with Gasteiger partial charge in [0, 0.05) is 17.2 Å². The molecule has 0 N–H and O–H groups in total. The Bertz CT molecular complexity index is 738. The van der Waals surface area contributed by atoms with E-state index >= 15 is 0 Å². The van der Waals surface area contributed by atoms with E-state index in [2.05, 4.69) is 0 Å². The highest BCUT2D eigenvalue weighted by atomic mass is 35.5. The molecule has 0 amide bonds. The third kappa shape index (κ3) is 4.26. The van der Waals surface area contributed by atoms with Gasteiger partial charge >= 0.3 is 5.97 Å². The zero-order chi connectivity index (χ0) is 17.5. The number of hydrogen-bond donors (Lipinski definition) is 0. The molecule has 6 heteroatoms. The number of hydrogen-bond acceptors (Lipinski definition) is 4. The normalized spacial score (nSPS) is 10.7. The monoisotopic (exact) mass is 350 g/mol. The molecule has 2 rings (SSSR count). The van der Waals surface area contributed by atoms with Crippen LogP contribution in [0.2, 0.25) is 5.02 Å². The second-order valence-electron chi connectivity index (χ2n) is 4.72. The number of rotatable bonds is 6. The van der Waals surface area contributed by atoms with Crippen molar-refractivity contribution in [3.05, 3.63) is 64.4 Å². The maximum absolute atomic E-state index is 13.6. The van der Waals surface area contributed by atoms with Gasteiger partial charge in [-0.25, -0.2) is 9.18 Å². The topological polar surface area (TPSA) is 44.8 Å². The van der Waals surface area contributed by atoms with Crippen LogP contribution in [-0.4, -0.2) is 20.2 Å². The summed E-state index contributed by atoms with van der Waals surface area (Å²) in [4.78, 5) is 11.8. The number of ether oxygens (including phenoxy) is 3. The molecule has 0 fully saturated rings. The van der Waals surface area contributed by atoms with E-state index in [4.69, 9.17) is 25.8 Å². The first-order valence-electron chi connectivity index (χ1n) is 7.05. The molecule has 0 aliphatic heterocycles.